The molecule has 0 amide bonds. The van der Waals surface area contributed by atoms with Gasteiger partial charge in [-0.3, -0.25) is 0 Å². The molecule has 0 saturated heterocycles. The number of alkyl halides is 6. The lowest BCUT2D eigenvalue weighted by atomic mass is 9.67. The lowest BCUT2D eigenvalue weighted by Crippen LogP contribution is -2.51. The van der Waals surface area contributed by atoms with Gasteiger partial charge in [-0.25, -0.2) is 0 Å². The summed E-state index contributed by atoms with van der Waals surface area (Å²) in [5.74, 6) is 0.0129. The van der Waals surface area contributed by atoms with Crippen molar-refractivity contribution in [1.82, 2.24) is 0 Å². The van der Waals surface area contributed by atoms with E-state index in [0.717, 1.165) is 16.7 Å². The third-order valence-corrected chi connectivity index (χ3v) is 5.32. The van der Waals surface area contributed by atoms with Crippen molar-refractivity contribution in [2.45, 2.75) is 70.6 Å². The van der Waals surface area contributed by atoms with Crippen LogP contribution >= 0.6 is 0 Å². The fraction of sp³-hybridized carbons (Fsp3) is 0.667. The lowest BCUT2D eigenvalue weighted by molar-refractivity contribution is -0.350. The van der Waals surface area contributed by atoms with Crippen LogP contribution in [0.5, 0.6) is 0 Å². The van der Waals surface area contributed by atoms with E-state index >= 15 is 0 Å². The highest BCUT2D eigenvalue weighted by molar-refractivity contribution is 5.35. The van der Waals surface area contributed by atoms with Gasteiger partial charge in [0, 0.05) is 0 Å². The standard InChI is InChI=1S/C18H22F6/c1-11(2)15-10-14(5-4-12(15)3)13-6-8-16(9-7-13,17(19,20)21)18(22,23)24/h4-5,10-11,13H,6-9H2,1-3H3. The van der Waals surface area contributed by atoms with Gasteiger partial charge in [0.1, 0.15) is 0 Å². The minimum absolute atomic E-state index is 0.0976. The zero-order valence-electron chi connectivity index (χ0n) is 14.0. The summed E-state index contributed by atoms with van der Waals surface area (Å²) in [5, 5.41) is 0. The molecule has 0 unspecified atom stereocenters. The summed E-state index contributed by atoms with van der Waals surface area (Å²) < 4.78 is 78.7. The van der Waals surface area contributed by atoms with Gasteiger partial charge in [-0.2, -0.15) is 26.3 Å². The Kier molecular flexibility index (Phi) is 4.99. The van der Waals surface area contributed by atoms with Crippen LogP contribution in [0.1, 0.15) is 68.1 Å². The molecule has 0 N–H and O–H groups in total. The molecule has 1 aliphatic carbocycles. The second-order valence-corrected chi connectivity index (χ2v) is 7.12. The van der Waals surface area contributed by atoms with E-state index in [0.29, 0.717) is 0 Å². The van der Waals surface area contributed by atoms with Crippen molar-refractivity contribution in [3.8, 4) is 0 Å². The predicted molar refractivity (Wildman–Crippen MR) is 81.0 cm³/mol. The van der Waals surface area contributed by atoms with Crippen LogP contribution in [0, 0.1) is 12.3 Å². The van der Waals surface area contributed by atoms with Gasteiger partial charge in [0.2, 0.25) is 0 Å². The summed E-state index contributed by atoms with van der Waals surface area (Å²) in [6.45, 7) is 5.99. The Bertz CT molecular complexity index is 558. The smallest absolute Gasteiger partial charge is 0.170 e. The van der Waals surface area contributed by atoms with Crippen molar-refractivity contribution in [3.05, 3.63) is 34.9 Å². The van der Waals surface area contributed by atoms with Gasteiger partial charge in [0.15, 0.2) is 5.41 Å². The topological polar surface area (TPSA) is 0 Å². The van der Waals surface area contributed by atoms with Crippen LogP contribution in [0.3, 0.4) is 0 Å². The van der Waals surface area contributed by atoms with E-state index in [2.05, 4.69) is 0 Å². The molecule has 0 aliphatic heterocycles. The second-order valence-electron chi connectivity index (χ2n) is 7.12. The molecule has 0 nitrogen and oxygen atoms in total. The fourth-order valence-corrected chi connectivity index (χ4v) is 3.71. The maximum atomic E-state index is 13.1. The van der Waals surface area contributed by atoms with Crippen LogP contribution in [-0.2, 0) is 0 Å². The van der Waals surface area contributed by atoms with E-state index in [1.807, 2.05) is 39.0 Å². The van der Waals surface area contributed by atoms with E-state index in [4.69, 9.17) is 0 Å². The molecular formula is C18H22F6. The van der Waals surface area contributed by atoms with Gasteiger partial charge in [-0.15, -0.1) is 0 Å². The summed E-state index contributed by atoms with van der Waals surface area (Å²) in [7, 11) is 0. The first kappa shape index (κ1) is 19.1. The van der Waals surface area contributed by atoms with Crippen molar-refractivity contribution >= 4 is 0 Å². The molecule has 136 valence electrons. The second kappa shape index (κ2) is 6.26. The van der Waals surface area contributed by atoms with Gasteiger partial charge in [-0.1, -0.05) is 32.0 Å². The van der Waals surface area contributed by atoms with Crippen molar-refractivity contribution in [2.24, 2.45) is 5.41 Å². The van der Waals surface area contributed by atoms with E-state index in [1.165, 1.54) is 0 Å². The SMILES string of the molecule is Cc1ccc(C2CCC(C(F)(F)F)(C(F)(F)F)CC2)cc1C(C)C. The first-order valence-corrected chi connectivity index (χ1v) is 8.13. The Morgan fingerprint density at radius 3 is 1.88 bits per heavy atom. The number of aryl methyl sites for hydroxylation is 1. The highest BCUT2D eigenvalue weighted by Gasteiger charge is 2.70. The average Bonchev–Trinajstić information content (AvgIpc) is 2.45. The van der Waals surface area contributed by atoms with E-state index in [-0.39, 0.29) is 24.7 Å². The molecule has 1 aliphatic rings. The quantitative estimate of drug-likeness (QED) is 0.509. The summed E-state index contributed by atoms with van der Waals surface area (Å²) in [4.78, 5) is 0. The third-order valence-electron chi connectivity index (χ3n) is 5.32. The van der Waals surface area contributed by atoms with Gasteiger partial charge in [0.05, 0.1) is 0 Å². The molecule has 1 aromatic rings. The Morgan fingerprint density at radius 1 is 0.958 bits per heavy atom. The molecule has 0 aromatic heterocycles. The van der Waals surface area contributed by atoms with Crippen molar-refractivity contribution in [2.75, 3.05) is 0 Å². The monoisotopic (exact) mass is 352 g/mol. The Labute approximate surface area is 138 Å². The first-order chi connectivity index (χ1) is 10.9. The molecule has 1 saturated carbocycles. The van der Waals surface area contributed by atoms with Gasteiger partial charge >= 0.3 is 12.4 Å². The summed E-state index contributed by atoms with van der Waals surface area (Å²) >= 11 is 0. The fourth-order valence-electron chi connectivity index (χ4n) is 3.71. The molecule has 0 spiro atoms. The predicted octanol–water partition coefficient (Wildman–Crippen LogP) is 6.89. The van der Waals surface area contributed by atoms with E-state index in [1.54, 1.807) is 0 Å². The van der Waals surface area contributed by atoms with Crippen molar-refractivity contribution < 1.29 is 26.3 Å². The van der Waals surface area contributed by atoms with Crippen LogP contribution in [0.25, 0.3) is 0 Å². The Morgan fingerprint density at radius 2 is 1.46 bits per heavy atom. The molecule has 0 bridgehead atoms. The molecule has 1 fully saturated rings. The van der Waals surface area contributed by atoms with E-state index < -0.39 is 30.6 Å². The van der Waals surface area contributed by atoms with Crippen molar-refractivity contribution in [3.63, 3.8) is 0 Å². The zero-order valence-corrected chi connectivity index (χ0v) is 14.0. The highest BCUT2D eigenvalue weighted by Crippen LogP contribution is 2.60. The number of rotatable bonds is 2. The molecule has 0 atom stereocenters. The molecule has 2 rings (SSSR count). The van der Waals surface area contributed by atoms with Gasteiger partial charge in [-0.05, 0) is 61.1 Å². The highest BCUT2D eigenvalue weighted by atomic mass is 19.4. The number of hydrogen-bond donors (Lipinski definition) is 0. The molecule has 0 radical (unpaired) electrons. The third kappa shape index (κ3) is 3.29. The van der Waals surface area contributed by atoms with Crippen LogP contribution in [0.15, 0.2) is 18.2 Å². The number of benzene rings is 1. The molecule has 6 heteroatoms. The van der Waals surface area contributed by atoms with Crippen LogP contribution < -0.4 is 0 Å². The van der Waals surface area contributed by atoms with E-state index in [9.17, 15) is 26.3 Å². The minimum Gasteiger partial charge on any atom is -0.170 e. The number of halogens is 6. The van der Waals surface area contributed by atoms with Gasteiger partial charge in [0.25, 0.3) is 0 Å². The summed E-state index contributed by atoms with van der Waals surface area (Å²) in [6, 6.07) is 5.68. The maximum absolute atomic E-state index is 13.1. The molecule has 0 heterocycles. The zero-order chi connectivity index (χ0) is 18.3. The first-order valence-electron chi connectivity index (χ1n) is 8.13. The lowest BCUT2D eigenvalue weighted by Gasteiger charge is -2.42. The number of hydrogen-bond acceptors (Lipinski definition) is 0. The molecular weight excluding hydrogens is 330 g/mol. The normalized spacial score (nSPS) is 19.8. The van der Waals surface area contributed by atoms with Crippen molar-refractivity contribution in [1.29, 1.82) is 0 Å². The maximum Gasteiger partial charge on any atom is 0.403 e. The summed E-state index contributed by atoms with van der Waals surface area (Å²) in [6.07, 6.45) is -12.5. The Hall–Kier alpha value is -1.20. The van der Waals surface area contributed by atoms with Crippen LogP contribution in [0.4, 0.5) is 26.3 Å². The minimum atomic E-state index is -5.26. The van der Waals surface area contributed by atoms with Crippen LogP contribution in [0.2, 0.25) is 0 Å². The molecule has 1 aromatic carbocycles. The average molecular weight is 352 g/mol. The van der Waals surface area contributed by atoms with Gasteiger partial charge < -0.3 is 0 Å². The van der Waals surface area contributed by atoms with Crippen LogP contribution in [-0.4, -0.2) is 12.4 Å². The largest absolute Gasteiger partial charge is 0.403 e. The Balaban J connectivity index is 2.25. The molecule has 24 heavy (non-hydrogen) atoms. The summed E-state index contributed by atoms with van der Waals surface area (Å²) in [5.41, 5.74) is -0.523.